The molecule has 118 valence electrons. The predicted molar refractivity (Wildman–Crippen MR) is 86.6 cm³/mol. The van der Waals surface area contributed by atoms with Crippen LogP contribution in [0.2, 0.25) is 0 Å². The molecule has 21 heavy (non-hydrogen) atoms. The van der Waals surface area contributed by atoms with Crippen molar-refractivity contribution in [2.45, 2.75) is 4.90 Å². The number of halogens is 2. The molecule has 0 saturated carbocycles. The van der Waals surface area contributed by atoms with Crippen molar-refractivity contribution in [3.8, 4) is 5.75 Å². The van der Waals surface area contributed by atoms with Crippen molar-refractivity contribution in [1.82, 2.24) is 9.80 Å². The van der Waals surface area contributed by atoms with Crippen LogP contribution in [-0.2, 0) is 9.05 Å². The van der Waals surface area contributed by atoms with Gasteiger partial charge in [0, 0.05) is 43.4 Å². The molecule has 5 nitrogen and oxygen atoms in total. The number of hydrogen-bond acceptors (Lipinski definition) is 5. The van der Waals surface area contributed by atoms with E-state index in [4.69, 9.17) is 15.4 Å². The summed E-state index contributed by atoms with van der Waals surface area (Å²) < 4.78 is 28.8. The van der Waals surface area contributed by atoms with E-state index < -0.39 is 9.05 Å². The number of nitrogens with zero attached hydrogens (tertiary/aromatic N) is 2. The van der Waals surface area contributed by atoms with Crippen LogP contribution in [0.3, 0.4) is 0 Å². The maximum Gasteiger partial charge on any atom is 0.261 e. The van der Waals surface area contributed by atoms with Crippen molar-refractivity contribution in [3.05, 3.63) is 22.7 Å². The van der Waals surface area contributed by atoms with Crippen molar-refractivity contribution >= 4 is 35.7 Å². The van der Waals surface area contributed by atoms with Gasteiger partial charge in [0.25, 0.3) is 9.05 Å². The largest absolute Gasteiger partial charge is 0.491 e. The number of likely N-dealkylation sites (N-methyl/N-ethyl adjacent to an activating group) is 1. The van der Waals surface area contributed by atoms with E-state index in [9.17, 15) is 8.42 Å². The number of piperazine rings is 1. The molecule has 0 atom stereocenters. The zero-order chi connectivity index (χ0) is 15.5. The summed E-state index contributed by atoms with van der Waals surface area (Å²) in [5, 5.41) is 0. The smallest absolute Gasteiger partial charge is 0.261 e. The van der Waals surface area contributed by atoms with Crippen LogP contribution in [0.4, 0.5) is 0 Å². The number of benzene rings is 1. The monoisotopic (exact) mass is 396 g/mol. The molecule has 0 amide bonds. The van der Waals surface area contributed by atoms with Gasteiger partial charge in [0.2, 0.25) is 0 Å². The Labute approximate surface area is 138 Å². The lowest BCUT2D eigenvalue weighted by atomic mass is 10.3. The van der Waals surface area contributed by atoms with Gasteiger partial charge in [-0.05, 0) is 41.2 Å². The van der Waals surface area contributed by atoms with Crippen LogP contribution in [0.5, 0.6) is 5.75 Å². The fourth-order valence-corrected chi connectivity index (χ4v) is 3.53. The van der Waals surface area contributed by atoms with E-state index in [1.54, 1.807) is 6.07 Å². The fraction of sp³-hybridized carbons (Fsp3) is 0.538. The van der Waals surface area contributed by atoms with Crippen LogP contribution < -0.4 is 4.74 Å². The molecule has 1 fully saturated rings. The van der Waals surface area contributed by atoms with Gasteiger partial charge in [0.05, 0.1) is 9.37 Å². The number of rotatable bonds is 5. The van der Waals surface area contributed by atoms with E-state index in [0.29, 0.717) is 16.8 Å². The maximum absolute atomic E-state index is 11.2. The second-order valence-corrected chi connectivity index (χ2v) is 8.44. The summed E-state index contributed by atoms with van der Waals surface area (Å²) in [5.74, 6) is 0.619. The van der Waals surface area contributed by atoms with Crippen molar-refractivity contribution in [1.29, 1.82) is 0 Å². The quantitative estimate of drug-likeness (QED) is 0.711. The van der Waals surface area contributed by atoms with Crippen molar-refractivity contribution in [2.75, 3.05) is 46.4 Å². The minimum atomic E-state index is -3.71. The van der Waals surface area contributed by atoms with E-state index in [2.05, 4.69) is 32.8 Å². The van der Waals surface area contributed by atoms with Crippen LogP contribution in [0, 0.1) is 0 Å². The normalized spacial score (nSPS) is 17.9. The summed E-state index contributed by atoms with van der Waals surface area (Å²) in [5.41, 5.74) is 0. The van der Waals surface area contributed by atoms with Gasteiger partial charge in [-0.2, -0.15) is 0 Å². The minimum Gasteiger partial charge on any atom is -0.491 e. The fourth-order valence-electron chi connectivity index (χ4n) is 2.11. The lowest BCUT2D eigenvalue weighted by molar-refractivity contribution is 0.133. The first-order valence-electron chi connectivity index (χ1n) is 6.64. The highest BCUT2D eigenvalue weighted by molar-refractivity contribution is 9.10. The van der Waals surface area contributed by atoms with E-state index >= 15 is 0 Å². The van der Waals surface area contributed by atoms with Gasteiger partial charge in [-0.1, -0.05) is 0 Å². The zero-order valence-corrected chi connectivity index (χ0v) is 14.9. The third kappa shape index (κ3) is 5.10. The Morgan fingerprint density at radius 1 is 1.29 bits per heavy atom. The van der Waals surface area contributed by atoms with Crippen LogP contribution in [0.25, 0.3) is 0 Å². The Morgan fingerprint density at radius 2 is 1.95 bits per heavy atom. The molecule has 1 aromatic rings. The molecule has 1 heterocycles. The number of hydrogen-bond donors (Lipinski definition) is 0. The molecule has 0 spiro atoms. The van der Waals surface area contributed by atoms with Gasteiger partial charge in [-0.15, -0.1) is 0 Å². The van der Waals surface area contributed by atoms with E-state index in [1.165, 1.54) is 12.1 Å². The average molecular weight is 398 g/mol. The highest BCUT2D eigenvalue weighted by Gasteiger charge is 2.15. The third-order valence-corrected chi connectivity index (χ3v) is 5.42. The Kier molecular flexibility index (Phi) is 5.90. The molecule has 1 aromatic carbocycles. The molecule has 8 heteroatoms. The summed E-state index contributed by atoms with van der Waals surface area (Å²) in [7, 11) is 3.71. The van der Waals surface area contributed by atoms with Crippen LogP contribution in [0.1, 0.15) is 0 Å². The van der Waals surface area contributed by atoms with Gasteiger partial charge in [-0.25, -0.2) is 8.42 Å². The van der Waals surface area contributed by atoms with E-state index in [-0.39, 0.29) is 4.90 Å². The van der Waals surface area contributed by atoms with Crippen LogP contribution in [0.15, 0.2) is 27.6 Å². The average Bonchev–Trinajstić information content (AvgIpc) is 2.41. The van der Waals surface area contributed by atoms with Crippen LogP contribution in [-0.4, -0.2) is 64.6 Å². The molecule has 0 unspecified atom stereocenters. The van der Waals surface area contributed by atoms with E-state index in [0.717, 1.165) is 32.7 Å². The molecule has 2 rings (SSSR count). The maximum atomic E-state index is 11.2. The molecule has 0 radical (unpaired) electrons. The van der Waals surface area contributed by atoms with Gasteiger partial charge < -0.3 is 9.64 Å². The Morgan fingerprint density at radius 3 is 2.52 bits per heavy atom. The lowest BCUT2D eigenvalue weighted by Crippen LogP contribution is -2.45. The van der Waals surface area contributed by atoms with E-state index in [1.807, 2.05) is 0 Å². The standard InChI is InChI=1S/C13H18BrClN2O3S/c1-16-4-6-17(7-5-16)8-9-20-13-3-2-11(10-12(13)14)21(15,18)19/h2-3,10H,4-9H2,1H3. The molecule has 0 aliphatic carbocycles. The molecule has 0 N–H and O–H groups in total. The van der Waals surface area contributed by atoms with Gasteiger partial charge in [0.15, 0.2) is 0 Å². The molecule has 1 aliphatic rings. The Hall–Kier alpha value is -0.340. The second kappa shape index (κ2) is 7.28. The minimum absolute atomic E-state index is 0.0578. The lowest BCUT2D eigenvalue weighted by Gasteiger charge is -2.32. The zero-order valence-electron chi connectivity index (χ0n) is 11.8. The summed E-state index contributed by atoms with van der Waals surface area (Å²) in [4.78, 5) is 4.72. The topological polar surface area (TPSA) is 49.9 Å². The van der Waals surface area contributed by atoms with Gasteiger partial charge in [0.1, 0.15) is 12.4 Å². The van der Waals surface area contributed by atoms with Gasteiger partial charge >= 0.3 is 0 Å². The Bertz CT molecular complexity index is 589. The molecule has 0 aromatic heterocycles. The molecular weight excluding hydrogens is 380 g/mol. The Balaban J connectivity index is 1.86. The first-order chi connectivity index (χ1) is 9.86. The first-order valence-corrected chi connectivity index (χ1v) is 9.74. The van der Waals surface area contributed by atoms with Crippen molar-refractivity contribution < 1.29 is 13.2 Å². The van der Waals surface area contributed by atoms with Crippen LogP contribution >= 0.6 is 26.6 Å². The molecular formula is C13H18BrClN2O3S. The van der Waals surface area contributed by atoms with Crippen molar-refractivity contribution in [3.63, 3.8) is 0 Å². The summed E-state index contributed by atoms with van der Waals surface area (Å²) >= 11 is 3.31. The highest BCUT2D eigenvalue weighted by atomic mass is 79.9. The highest BCUT2D eigenvalue weighted by Crippen LogP contribution is 2.29. The summed E-state index contributed by atoms with van der Waals surface area (Å²) in [6.45, 7) is 5.66. The summed E-state index contributed by atoms with van der Waals surface area (Å²) in [6.07, 6.45) is 0. The van der Waals surface area contributed by atoms with Crippen molar-refractivity contribution in [2.24, 2.45) is 0 Å². The number of ether oxygens (including phenoxy) is 1. The first kappa shape index (κ1) is 17.0. The molecule has 1 saturated heterocycles. The van der Waals surface area contributed by atoms with Gasteiger partial charge in [-0.3, -0.25) is 4.90 Å². The predicted octanol–water partition coefficient (Wildman–Crippen LogP) is 2.00. The summed E-state index contributed by atoms with van der Waals surface area (Å²) in [6, 6.07) is 4.51. The SMILES string of the molecule is CN1CCN(CCOc2ccc(S(=O)(=O)Cl)cc2Br)CC1. The second-order valence-electron chi connectivity index (χ2n) is 5.02. The molecule has 0 bridgehead atoms. The third-order valence-electron chi connectivity index (χ3n) is 3.45. The molecule has 1 aliphatic heterocycles.